The average molecular weight is 272 g/mol. The summed E-state index contributed by atoms with van der Waals surface area (Å²) in [4.78, 5) is 10.3. The second kappa shape index (κ2) is 11.5. The van der Waals surface area contributed by atoms with Gasteiger partial charge < -0.3 is 33.6 Å². The Hall–Kier alpha value is -1.54. The van der Waals surface area contributed by atoms with Crippen LogP contribution in [-0.4, -0.2) is 56.1 Å². The smallest absolute Gasteiger partial charge is 0.185 e. The molecule has 0 aliphatic rings. The Morgan fingerprint density at radius 2 is 1.16 bits per heavy atom. The van der Waals surface area contributed by atoms with Crippen molar-refractivity contribution in [2.45, 2.75) is 19.3 Å². The zero-order valence-corrected chi connectivity index (χ0v) is 11.6. The molecule has 0 aliphatic carbocycles. The van der Waals surface area contributed by atoms with E-state index in [1.165, 1.54) is 0 Å². The maximum atomic E-state index is 5.53. The van der Waals surface area contributed by atoms with Gasteiger partial charge in [-0.1, -0.05) is 0 Å². The van der Waals surface area contributed by atoms with Crippen LogP contribution >= 0.6 is 0 Å². The van der Waals surface area contributed by atoms with E-state index >= 15 is 0 Å². The van der Waals surface area contributed by atoms with Crippen molar-refractivity contribution in [3.8, 4) is 0 Å². The normalized spacial score (nSPS) is 10.4. The Kier molecular flexibility index (Phi) is 10.6. The first-order chi connectivity index (χ1) is 9.06. The number of guanidine groups is 2. The van der Waals surface area contributed by atoms with Gasteiger partial charge in [0.1, 0.15) is 0 Å². The van der Waals surface area contributed by atoms with E-state index in [9.17, 15) is 0 Å². The molecule has 8 heteroatoms. The second-order valence-corrected chi connectivity index (χ2v) is 4.30. The molecule has 0 aromatic rings. The van der Waals surface area contributed by atoms with Gasteiger partial charge in [-0.2, -0.15) is 0 Å². The summed E-state index contributed by atoms with van der Waals surface area (Å²) in [6, 6.07) is 0. The first-order valence-corrected chi connectivity index (χ1v) is 6.59. The first kappa shape index (κ1) is 17.5. The maximum absolute atomic E-state index is 5.53. The Morgan fingerprint density at radius 1 is 0.737 bits per heavy atom. The fraction of sp³-hybridized carbons (Fsp3) is 0.818. The minimum Gasteiger partial charge on any atom is -0.370 e. The van der Waals surface area contributed by atoms with Crippen LogP contribution in [0.3, 0.4) is 0 Å². The number of rotatable bonds is 11. The predicted octanol–water partition coefficient (Wildman–Crippen LogP) is -2.04. The Balaban J connectivity index is 3.87. The third kappa shape index (κ3) is 12.7. The van der Waals surface area contributed by atoms with Gasteiger partial charge in [0.25, 0.3) is 0 Å². The van der Waals surface area contributed by atoms with Crippen molar-refractivity contribution in [1.82, 2.24) is 4.90 Å². The highest BCUT2D eigenvalue weighted by atomic mass is 15.1. The van der Waals surface area contributed by atoms with E-state index in [0.717, 1.165) is 38.9 Å². The minimum atomic E-state index is 0.140. The fourth-order valence-electron chi connectivity index (χ4n) is 1.66. The van der Waals surface area contributed by atoms with Gasteiger partial charge in [0.05, 0.1) is 0 Å². The highest BCUT2D eigenvalue weighted by Gasteiger charge is 2.03. The third-order valence-corrected chi connectivity index (χ3v) is 2.53. The number of hydrogen-bond donors (Lipinski definition) is 5. The van der Waals surface area contributed by atoms with Crippen molar-refractivity contribution in [2.24, 2.45) is 38.7 Å². The zero-order valence-electron chi connectivity index (χ0n) is 11.6. The van der Waals surface area contributed by atoms with Gasteiger partial charge in [-0.25, -0.2) is 0 Å². The molecule has 0 bridgehead atoms. The van der Waals surface area contributed by atoms with E-state index < -0.39 is 0 Å². The molecule has 0 fully saturated rings. The van der Waals surface area contributed by atoms with Gasteiger partial charge in [0, 0.05) is 13.1 Å². The standard InChI is InChI=1S/C11H28N8/c12-4-1-7-19(8-2-5-17-10(13)14)9-3-6-18-11(15)16/h1-9,12H2,(H4,13,14,17)(H4,15,16,18). The lowest BCUT2D eigenvalue weighted by Gasteiger charge is -2.21. The van der Waals surface area contributed by atoms with Gasteiger partial charge in [-0.15, -0.1) is 0 Å². The molecule has 0 atom stereocenters. The molecular formula is C11H28N8. The van der Waals surface area contributed by atoms with Crippen LogP contribution in [0, 0.1) is 0 Å². The predicted molar refractivity (Wildman–Crippen MR) is 80.7 cm³/mol. The number of nitrogens with two attached hydrogens (primary N) is 5. The molecule has 0 unspecified atom stereocenters. The lowest BCUT2D eigenvalue weighted by molar-refractivity contribution is 0.268. The number of nitrogens with zero attached hydrogens (tertiary/aromatic N) is 3. The topological polar surface area (TPSA) is 158 Å². The third-order valence-electron chi connectivity index (χ3n) is 2.53. The van der Waals surface area contributed by atoms with Gasteiger partial charge in [0.2, 0.25) is 0 Å². The summed E-state index contributed by atoms with van der Waals surface area (Å²) < 4.78 is 0. The molecule has 10 N–H and O–H groups in total. The molecule has 0 heterocycles. The van der Waals surface area contributed by atoms with Crippen LogP contribution in [0.4, 0.5) is 0 Å². The molecule has 8 nitrogen and oxygen atoms in total. The summed E-state index contributed by atoms with van der Waals surface area (Å²) in [7, 11) is 0. The summed E-state index contributed by atoms with van der Waals surface area (Å²) in [6.45, 7) is 4.85. The Bertz CT molecular complexity index is 244. The maximum Gasteiger partial charge on any atom is 0.185 e. The zero-order chi connectivity index (χ0) is 14.5. The van der Waals surface area contributed by atoms with Gasteiger partial charge in [0.15, 0.2) is 11.9 Å². The van der Waals surface area contributed by atoms with E-state index in [4.69, 9.17) is 28.7 Å². The summed E-state index contributed by atoms with van der Waals surface area (Å²) in [5.41, 5.74) is 26.6. The van der Waals surface area contributed by atoms with Gasteiger partial charge in [-0.05, 0) is 45.4 Å². The quantitative estimate of drug-likeness (QED) is 0.166. The molecule has 0 saturated carbocycles. The van der Waals surface area contributed by atoms with E-state index in [-0.39, 0.29) is 11.9 Å². The monoisotopic (exact) mass is 272 g/mol. The molecule has 0 spiro atoms. The summed E-state index contributed by atoms with van der Waals surface area (Å²) in [6.07, 6.45) is 2.82. The Morgan fingerprint density at radius 3 is 1.53 bits per heavy atom. The van der Waals surface area contributed by atoms with Crippen LogP contribution < -0.4 is 28.7 Å². The minimum absolute atomic E-state index is 0.140. The fourth-order valence-corrected chi connectivity index (χ4v) is 1.66. The molecule has 0 aromatic heterocycles. The molecule has 0 aliphatic heterocycles. The highest BCUT2D eigenvalue weighted by Crippen LogP contribution is 1.97. The van der Waals surface area contributed by atoms with Crippen molar-refractivity contribution in [3.63, 3.8) is 0 Å². The first-order valence-electron chi connectivity index (χ1n) is 6.59. The van der Waals surface area contributed by atoms with E-state index in [1.54, 1.807) is 0 Å². The highest BCUT2D eigenvalue weighted by molar-refractivity contribution is 5.75. The van der Waals surface area contributed by atoms with Crippen molar-refractivity contribution in [2.75, 3.05) is 39.3 Å². The van der Waals surface area contributed by atoms with E-state index in [0.29, 0.717) is 19.6 Å². The number of hydrogen-bond acceptors (Lipinski definition) is 4. The van der Waals surface area contributed by atoms with Crippen LogP contribution in [0.2, 0.25) is 0 Å². The largest absolute Gasteiger partial charge is 0.370 e. The second-order valence-electron chi connectivity index (χ2n) is 4.30. The van der Waals surface area contributed by atoms with Gasteiger partial charge >= 0.3 is 0 Å². The molecule has 0 saturated heterocycles. The Labute approximate surface area is 115 Å². The summed E-state index contributed by atoms with van der Waals surface area (Å²) in [5.74, 6) is 0.280. The van der Waals surface area contributed by atoms with Crippen LogP contribution in [0.25, 0.3) is 0 Å². The van der Waals surface area contributed by atoms with Crippen molar-refractivity contribution in [3.05, 3.63) is 0 Å². The SMILES string of the molecule is NCCCN(CCCN=C(N)N)CCCN=C(N)N. The van der Waals surface area contributed by atoms with Gasteiger partial charge in [-0.3, -0.25) is 9.98 Å². The lowest BCUT2D eigenvalue weighted by atomic mass is 10.3. The molecular weight excluding hydrogens is 244 g/mol. The number of aliphatic imine (C=N–C) groups is 2. The van der Waals surface area contributed by atoms with Crippen molar-refractivity contribution in [1.29, 1.82) is 0 Å². The average Bonchev–Trinajstić information content (AvgIpc) is 2.34. The van der Waals surface area contributed by atoms with E-state index in [2.05, 4.69) is 14.9 Å². The molecule has 0 radical (unpaired) electrons. The van der Waals surface area contributed by atoms with Crippen LogP contribution in [-0.2, 0) is 0 Å². The van der Waals surface area contributed by atoms with Crippen molar-refractivity contribution < 1.29 is 0 Å². The van der Waals surface area contributed by atoms with Crippen LogP contribution in [0.1, 0.15) is 19.3 Å². The molecule has 0 aromatic carbocycles. The summed E-state index contributed by atoms with van der Waals surface area (Å²) >= 11 is 0. The van der Waals surface area contributed by atoms with Crippen molar-refractivity contribution >= 4 is 11.9 Å². The van der Waals surface area contributed by atoms with E-state index in [1.807, 2.05) is 0 Å². The molecule has 0 rings (SSSR count). The lowest BCUT2D eigenvalue weighted by Crippen LogP contribution is -2.30. The molecule has 19 heavy (non-hydrogen) atoms. The van der Waals surface area contributed by atoms with Crippen LogP contribution in [0.5, 0.6) is 0 Å². The molecule has 0 amide bonds. The van der Waals surface area contributed by atoms with Crippen LogP contribution in [0.15, 0.2) is 9.98 Å². The molecule has 112 valence electrons. The summed E-state index contributed by atoms with van der Waals surface area (Å²) in [5, 5.41) is 0.